The van der Waals surface area contributed by atoms with Gasteiger partial charge < -0.3 is 4.57 Å². The first-order valence-electron chi connectivity index (χ1n) is 8.14. The zero-order valence-corrected chi connectivity index (χ0v) is 15.8. The number of carbonyl (C=O) groups excluding carboxylic acids is 1. The highest BCUT2D eigenvalue weighted by atomic mass is 32.2. The number of ketones is 1. The Morgan fingerprint density at radius 3 is 2.39 bits per heavy atom. The summed E-state index contributed by atoms with van der Waals surface area (Å²) in [4.78, 5) is 14.5. The smallest absolute Gasteiger partial charge is 0.178 e. The molecule has 2 atom stereocenters. The lowest BCUT2D eigenvalue weighted by Gasteiger charge is -2.28. The van der Waals surface area contributed by atoms with E-state index >= 15 is 0 Å². The van der Waals surface area contributed by atoms with E-state index in [0.717, 1.165) is 17.0 Å². The van der Waals surface area contributed by atoms with Gasteiger partial charge in [-0.25, -0.2) is 8.42 Å². The van der Waals surface area contributed by atoms with Gasteiger partial charge in [-0.05, 0) is 53.7 Å². The van der Waals surface area contributed by atoms with Crippen LogP contribution < -0.4 is 0 Å². The monoisotopic (exact) mass is 340 g/mol. The molecule has 23 heavy (non-hydrogen) atoms. The van der Waals surface area contributed by atoms with Gasteiger partial charge in [0.25, 0.3) is 0 Å². The highest BCUT2D eigenvalue weighted by Crippen LogP contribution is 2.38. The van der Waals surface area contributed by atoms with E-state index in [-0.39, 0.29) is 18.4 Å². The SMILES string of the molecule is Cc1cc(C(=O)CN(C)[C@H](C)[C@@H](C)S(C)(=O)=O)c(C)n1C1CC1. The van der Waals surface area contributed by atoms with Gasteiger partial charge in [0.2, 0.25) is 0 Å². The molecule has 1 aliphatic carbocycles. The minimum Gasteiger partial charge on any atom is -0.345 e. The molecular formula is C17H28N2O3S. The Hall–Kier alpha value is -1.14. The molecule has 130 valence electrons. The fraction of sp³-hybridized carbons (Fsp3) is 0.706. The van der Waals surface area contributed by atoms with E-state index in [2.05, 4.69) is 4.57 Å². The number of rotatable bonds is 7. The molecule has 1 aromatic heterocycles. The predicted molar refractivity (Wildman–Crippen MR) is 92.9 cm³/mol. The van der Waals surface area contributed by atoms with Crippen molar-refractivity contribution < 1.29 is 13.2 Å². The van der Waals surface area contributed by atoms with Crippen LogP contribution in [0.5, 0.6) is 0 Å². The second-order valence-electron chi connectivity index (χ2n) is 7.00. The largest absolute Gasteiger partial charge is 0.345 e. The number of hydrogen-bond donors (Lipinski definition) is 0. The molecule has 0 saturated heterocycles. The van der Waals surface area contributed by atoms with Crippen LogP contribution in [0.15, 0.2) is 6.07 Å². The molecule has 6 heteroatoms. The summed E-state index contributed by atoms with van der Waals surface area (Å²) in [6, 6.07) is 2.31. The molecule has 0 N–H and O–H groups in total. The van der Waals surface area contributed by atoms with Gasteiger partial charge in [-0.1, -0.05) is 0 Å². The zero-order valence-electron chi connectivity index (χ0n) is 15.0. The van der Waals surface area contributed by atoms with Crippen LogP contribution in [-0.2, 0) is 9.84 Å². The van der Waals surface area contributed by atoms with E-state index in [4.69, 9.17) is 0 Å². The summed E-state index contributed by atoms with van der Waals surface area (Å²) in [5, 5.41) is -0.501. The fourth-order valence-corrected chi connectivity index (χ4v) is 4.05. The van der Waals surface area contributed by atoms with Crippen molar-refractivity contribution in [1.29, 1.82) is 0 Å². The second kappa shape index (κ2) is 6.40. The van der Waals surface area contributed by atoms with E-state index in [1.54, 1.807) is 6.92 Å². The highest BCUT2D eigenvalue weighted by Gasteiger charge is 2.30. The maximum Gasteiger partial charge on any atom is 0.178 e. The van der Waals surface area contributed by atoms with Crippen LogP contribution in [0, 0.1) is 13.8 Å². The van der Waals surface area contributed by atoms with Crippen LogP contribution >= 0.6 is 0 Å². The number of likely N-dealkylation sites (N-methyl/N-ethyl adjacent to an activating group) is 1. The zero-order chi connectivity index (χ0) is 17.5. The number of aromatic nitrogens is 1. The maximum absolute atomic E-state index is 12.7. The molecule has 0 spiro atoms. The van der Waals surface area contributed by atoms with Gasteiger partial charge in [0.05, 0.1) is 11.8 Å². The molecule has 0 unspecified atom stereocenters. The van der Waals surface area contributed by atoms with Crippen molar-refractivity contribution in [3.8, 4) is 0 Å². The molecule has 0 aromatic carbocycles. The van der Waals surface area contributed by atoms with E-state index in [9.17, 15) is 13.2 Å². The van der Waals surface area contributed by atoms with Crippen molar-refractivity contribution in [2.75, 3.05) is 19.8 Å². The first-order valence-corrected chi connectivity index (χ1v) is 10.1. The van der Waals surface area contributed by atoms with Crippen molar-refractivity contribution in [3.05, 3.63) is 23.0 Å². The lowest BCUT2D eigenvalue weighted by molar-refractivity contribution is 0.0923. The lowest BCUT2D eigenvalue weighted by atomic mass is 10.1. The Morgan fingerprint density at radius 2 is 1.91 bits per heavy atom. The standard InChI is InChI=1S/C17H28N2O3S/c1-11-9-16(13(3)19(11)15-7-8-15)17(20)10-18(5)12(2)14(4)23(6,21)22/h9,12,14-15H,7-8,10H2,1-6H3/t12-,14-/m1/s1. The third-order valence-electron chi connectivity index (χ3n) is 5.14. The summed E-state index contributed by atoms with van der Waals surface area (Å²) < 4.78 is 25.7. The molecule has 1 saturated carbocycles. The van der Waals surface area contributed by atoms with Crippen molar-refractivity contribution in [2.45, 2.75) is 57.9 Å². The Labute approximate surface area is 139 Å². The molecule has 5 nitrogen and oxygen atoms in total. The third-order valence-corrected chi connectivity index (χ3v) is 6.88. The summed E-state index contributed by atoms with van der Waals surface area (Å²) >= 11 is 0. The lowest BCUT2D eigenvalue weighted by Crippen LogP contribution is -2.43. The number of Topliss-reactive ketones (excluding diaryl/α,β-unsaturated/α-hetero) is 1. The van der Waals surface area contributed by atoms with Gasteiger partial charge in [0.1, 0.15) is 0 Å². The minimum absolute atomic E-state index is 0.0556. The molecule has 1 fully saturated rings. The molecule has 0 radical (unpaired) electrons. The molecule has 2 rings (SSSR count). The highest BCUT2D eigenvalue weighted by molar-refractivity contribution is 7.91. The minimum atomic E-state index is -3.12. The van der Waals surface area contributed by atoms with Crippen LogP contribution in [0.1, 0.15) is 54.5 Å². The summed E-state index contributed by atoms with van der Waals surface area (Å²) in [7, 11) is -1.31. The molecular weight excluding hydrogens is 312 g/mol. The summed E-state index contributed by atoms with van der Waals surface area (Å²) in [6.07, 6.45) is 3.62. The van der Waals surface area contributed by atoms with Gasteiger partial charge in [0.15, 0.2) is 15.6 Å². The second-order valence-corrected chi connectivity index (χ2v) is 9.40. The van der Waals surface area contributed by atoms with Crippen LogP contribution in [0.3, 0.4) is 0 Å². The normalized spacial score (nSPS) is 18.2. The molecule has 1 heterocycles. The Bertz CT molecular complexity index is 702. The summed E-state index contributed by atoms with van der Waals surface area (Å²) in [5.41, 5.74) is 2.93. The van der Waals surface area contributed by atoms with Gasteiger partial charge in [-0.2, -0.15) is 0 Å². The van der Waals surface area contributed by atoms with E-state index < -0.39 is 15.1 Å². The fourth-order valence-electron chi connectivity index (χ4n) is 3.13. The van der Waals surface area contributed by atoms with E-state index in [0.29, 0.717) is 6.04 Å². The Balaban J connectivity index is 2.11. The number of aryl methyl sites for hydroxylation is 1. The molecule has 1 aliphatic rings. The van der Waals surface area contributed by atoms with E-state index in [1.165, 1.54) is 19.1 Å². The average Bonchev–Trinajstić information content (AvgIpc) is 3.22. The Morgan fingerprint density at radius 1 is 1.35 bits per heavy atom. The third kappa shape index (κ3) is 3.86. The van der Waals surface area contributed by atoms with Gasteiger partial charge in [0, 0.05) is 35.3 Å². The van der Waals surface area contributed by atoms with Gasteiger partial charge in [-0.3, -0.25) is 9.69 Å². The van der Waals surface area contributed by atoms with Crippen molar-refractivity contribution in [1.82, 2.24) is 9.47 Å². The molecule has 1 aromatic rings. The van der Waals surface area contributed by atoms with Crippen LogP contribution in [0.2, 0.25) is 0 Å². The molecule has 0 amide bonds. The van der Waals surface area contributed by atoms with Crippen LogP contribution in [0.4, 0.5) is 0 Å². The van der Waals surface area contributed by atoms with Crippen molar-refractivity contribution >= 4 is 15.6 Å². The summed E-state index contributed by atoms with van der Waals surface area (Å²) in [6.45, 7) is 7.82. The predicted octanol–water partition coefficient (Wildman–Crippen LogP) is 2.38. The van der Waals surface area contributed by atoms with E-state index in [1.807, 2.05) is 38.8 Å². The van der Waals surface area contributed by atoms with Gasteiger partial charge in [-0.15, -0.1) is 0 Å². The number of sulfone groups is 1. The topological polar surface area (TPSA) is 59.4 Å². The Kier molecular flexibility index (Phi) is 5.06. The van der Waals surface area contributed by atoms with Crippen molar-refractivity contribution in [2.24, 2.45) is 0 Å². The first-order chi connectivity index (χ1) is 10.5. The number of nitrogens with zero attached hydrogens (tertiary/aromatic N) is 2. The summed E-state index contributed by atoms with van der Waals surface area (Å²) in [5.74, 6) is 0.0556. The number of carbonyl (C=O) groups is 1. The van der Waals surface area contributed by atoms with Crippen LogP contribution in [-0.4, -0.2) is 54.8 Å². The quantitative estimate of drug-likeness (QED) is 0.715. The van der Waals surface area contributed by atoms with Crippen LogP contribution in [0.25, 0.3) is 0 Å². The van der Waals surface area contributed by atoms with Gasteiger partial charge >= 0.3 is 0 Å². The maximum atomic E-state index is 12.7. The van der Waals surface area contributed by atoms with Crippen molar-refractivity contribution in [3.63, 3.8) is 0 Å². The average molecular weight is 340 g/mol. The first kappa shape index (κ1) is 18.2. The number of hydrogen-bond acceptors (Lipinski definition) is 4. The molecule has 0 aliphatic heterocycles. The molecule has 0 bridgehead atoms.